The summed E-state index contributed by atoms with van der Waals surface area (Å²) in [7, 11) is 0. The minimum Gasteiger partial charge on any atom is -0.379 e. The third-order valence-electron chi connectivity index (χ3n) is 3.94. The molecule has 6 nitrogen and oxygen atoms in total. The summed E-state index contributed by atoms with van der Waals surface area (Å²) < 4.78 is 51.0. The number of alkyl halides is 3. The highest BCUT2D eigenvalue weighted by Crippen LogP contribution is 2.34. The smallest absolute Gasteiger partial charge is 0.379 e. The van der Waals surface area contributed by atoms with E-state index in [-0.39, 0.29) is 30.6 Å². The van der Waals surface area contributed by atoms with E-state index in [1.165, 1.54) is 24.3 Å². The molecule has 0 aromatic heterocycles. The number of nitro groups is 1. The predicted molar refractivity (Wildman–Crippen MR) is 94.2 cm³/mol. The molecule has 2 N–H and O–H groups in total. The maximum atomic E-state index is 12.9. The van der Waals surface area contributed by atoms with Crippen molar-refractivity contribution in [2.45, 2.75) is 25.6 Å². The standard InChI is InChI=1S/C18H17F4N3O3/c1-11(12-2-5-14(19)6-3-12)24-17(26)8-9-23-15-7-4-13(18(20,21)22)10-16(15)25(27)28/h2-7,10-11,23H,8-9H2,1H3,(H,24,26)/t11-/m0/s1. The van der Waals surface area contributed by atoms with Gasteiger partial charge in [0.25, 0.3) is 5.69 Å². The molecule has 0 radical (unpaired) electrons. The molecule has 0 aliphatic rings. The maximum absolute atomic E-state index is 12.9. The molecule has 0 spiro atoms. The second kappa shape index (κ2) is 8.68. The van der Waals surface area contributed by atoms with Gasteiger partial charge >= 0.3 is 6.18 Å². The van der Waals surface area contributed by atoms with Crippen LogP contribution in [0.1, 0.15) is 30.5 Å². The van der Waals surface area contributed by atoms with Crippen molar-refractivity contribution >= 4 is 17.3 Å². The van der Waals surface area contributed by atoms with Crippen LogP contribution >= 0.6 is 0 Å². The van der Waals surface area contributed by atoms with Crippen LogP contribution in [-0.2, 0) is 11.0 Å². The molecule has 0 fully saturated rings. The van der Waals surface area contributed by atoms with Gasteiger partial charge in [0.05, 0.1) is 16.5 Å². The summed E-state index contributed by atoms with van der Waals surface area (Å²) in [6.07, 6.45) is -4.76. The van der Waals surface area contributed by atoms with Crippen molar-refractivity contribution < 1.29 is 27.3 Å². The number of anilines is 1. The molecule has 2 aromatic carbocycles. The molecule has 28 heavy (non-hydrogen) atoms. The molecular weight excluding hydrogens is 382 g/mol. The summed E-state index contributed by atoms with van der Waals surface area (Å²) in [6, 6.07) is 7.35. The van der Waals surface area contributed by atoms with Crippen molar-refractivity contribution in [3.05, 3.63) is 69.5 Å². The number of hydrogen-bond acceptors (Lipinski definition) is 4. The number of nitro benzene ring substituents is 1. The molecule has 0 unspecified atom stereocenters. The topological polar surface area (TPSA) is 84.3 Å². The van der Waals surface area contributed by atoms with Gasteiger partial charge in [-0.05, 0) is 36.8 Å². The fourth-order valence-electron chi connectivity index (χ4n) is 2.47. The van der Waals surface area contributed by atoms with Crippen molar-refractivity contribution in [2.75, 3.05) is 11.9 Å². The fraction of sp³-hybridized carbons (Fsp3) is 0.278. The fourth-order valence-corrected chi connectivity index (χ4v) is 2.47. The predicted octanol–water partition coefficient (Wildman–Crippen LogP) is 4.43. The average Bonchev–Trinajstić information content (AvgIpc) is 2.61. The monoisotopic (exact) mass is 399 g/mol. The van der Waals surface area contributed by atoms with Crippen LogP contribution in [0.5, 0.6) is 0 Å². The Morgan fingerprint density at radius 1 is 1.18 bits per heavy atom. The van der Waals surface area contributed by atoms with Crippen LogP contribution in [-0.4, -0.2) is 17.4 Å². The molecule has 0 aliphatic carbocycles. The van der Waals surface area contributed by atoms with Gasteiger partial charge in [-0.15, -0.1) is 0 Å². The van der Waals surface area contributed by atoms with E-state index >= 15 is 0 Å². The summed E-state index contributed by atoms with van der Waals surface area (Å²) in [4.78, 5) is 22.1. The first kappa shape index (κ1) is 21.1. The van der Waals surface area contributed by atoms with Crippen LogP contribution in [0.2, 0.25) is 0 Å². The summed E-state index contributed by atoms with van der Waals surface area (Å²) >= 11 is 0. The Labute approximate surface area is 157 Å². The molecule has 0 saturated heterocycles. The summed E-state index contributed by atoms with van der Waals surface area (Å²) in [5.74, 6) is -0.775. The van der Waals surface area contributed by atoms with Crippen molar-refractivity contribution in [2.24, 2.45) is 0 Å². The lowest BCUT2D eigenvalue weighted by Crippen LogP contribution is -2.28. The van der Waals surface area contributed by atoms with Gasteiger partial charge in [-0.1, -0.05) is 12.1 Å². The third kappa shape index (κ3) is 5.66. The van der Waals surface area contributed by atoms with Gasteiger partial charge in [0, 0.05) is 19.0 Å². The van der Waals surface area contributed by atoms with E-state index in [0.717, 1.165) is 12.1 Å². The molecule has 10 heteroatoms. The Bertz CT molecular complexity index is 854. The van der Waals surface area contributed by atoms with Gasteiger partial charge < -0.3 is 10.6 Å². The quantitative estimate of drug-likeness (QED) is 0.410. The summed E-state index contributed by atoms with van der Waals surface area (Å²) in [5, 5.41) is 16.3. The lowest BCUT2D eigenvalue weighted by Gasteiger charge is -2.15. The van der Waals surface area contributed by atoms with Crippen LogP contribution < -0.4 is 10.6 Å². The zero-order valence-electron chi connectivity index (χ0n) is 14.7. The molecule has 150 valence electrons. The zero-order valence-corrected chi connectivity index (χ0v) is 14.7. The second-order valence-electron chi connectivity index (χ2n) is 6.00. The van der Waals surface area contributed by atoms with Crippen LogP contribution in [0.25, 0.3) is 0 Å². The van der Waals surface area contributed by atoms with Crippen molar-refractivity contribution in [3.63, 3.8) is 0 Å². The van der Waals surface area contributed by atoms with Crippen LogP contribution in [0.4, 0.5) is 28.9 Å². The number of carbonyl (C=O) groups is 1. The molecular formula is C18H17F4N3O3. The highest BCUT2D eigenvalue weighted by atomic mass is 19.4. The number of nitrogens with zero attached hydrogens (tertiary/aromatic N) is 1. The molecule has 0 heterocycles. The van der Waals surface area contributed by atoms with Crippen molar-refractivity contribution in [3.8, 4) is 0 Å². The van der Waals surface area contributed by atoms with Gasteiger partial charge in [-0.2, -0.15) is 13.2 Å². The molecule has 2 aromatic rings. The Morgan fingerprint density at radius 2 is 1.82 bits per heavy atom. The number of carbonyl (C=O) groups excluding carboxylic acids is 1. The number of benzene rings is 2. The van der Waals surface area contributed by atoms with E-state index < -0.39 is 28.2 Å². The third-order valence-corrected chi connectivity index (χ3v) is 3.94. The highest BCUT2D eigenvalue weighted by molar-refractivity contribution is 5.77. The zero-order chi connectivity index (χ0) is 20.9. The SMILES string of the molecule is C[C@H](NC(=O)CCNc1ccc(C(F)(F)F)cc1[N+](=O)[O-])c1ccc(F)cc1. The molecule has 1 amide bonds. The average molecular weight is 399 g/mol. The Kier molecular flexibility index (Phi) is 6.55. The summed E-state index contributed by atoms with van der Waals surface area (Å²) in [6.45, 7) is 1.69. The largest absolute Gasteiger partial charge is 0.416 e. The number of nitrogens with one attached hydrogen (secondary N) is 2. The van der Waals surface area contributed by atoms with Crippen molar-refractivity contribution in [1.82, 2.24) is 5.32 Å². The normalized spacial score (nSPS) is 12.3. The minimum atomic E-state index is -4.69. The molecule has 0 saturated carbocycles. The van der Waals surface area contributed by atoms with Crippen LogP contribution in [0, 0.1) is 15.9 Å². The Hall–Kier alpha value is -3.17. The van der Waals surface area contributed by atoms with Crippen LogP contribution in [0.15, 0.2) is 42.5 Å². The van der Waals surface area contributed by atoms with E-state index in [0.29, 0.717) is 11.6 Å². The van der Waals surface area contributed by atoms with Crippen LogP contribution in [0.3, 0.4) is 0 Å². The first-order valence-corrected chi connectivity index (χ1v) is 8.22. The lowest BCUT2D eigenvalue weighted by molar-refractivity contribution is -0.384. The van der Waals surface area contributed by atoms with Gasteiger partial charge in [0.1, 0.15) is 11.5 Å². The lowest BCUT2D eigenvalue weighted by atomic mass is 10.1. The number of amides is 1. The molecule has 1 atom stereocenters. The van der Waals surface area contributed by atoms with Gasteiger partial charge in [0.2, 0.25) is 5.91 Å². The van der Waals surface area contributed by atoms with Gasteiger partial charge in [-0.3, -0.25) is 14.9 Å². The summed E-state index contributed by atoms with van der Waals surface area (Å²) in [5.41, 5.74) is -1.27. The number of rotatable bonds is 7. The first-order chi connectivity index (χ1) is 13.1. The molecule has 0 bridgehead atoms. The Morgan fingerprint density at radius 3 is 2.39 bits per heavy atom. The first-order valence-electron chi connectivity index (χ1n) is 8.22. The second-order valence-corrected chi connectivity index (χ2v) is 6.00. The van der Waals surface area contributed by atoms with E-state index in [9.17, 15) is 32.5 Å². The van der Waals surface area contributed by atoms with E-state index in [1.807, 2.05) is 0 Å². The number of hydrogen-bond donors (Lipinski definition) is 2. The highest BCUT2D eigenvalue weighted by Gasteiger charge is 2.33. The maximum Gasteiger partial charge on any atom is 0.416 e. The molecule has 2 rings (SSSR count). The minimum absolute atomic E-state index is 0.0197. The van der Waals surface area contributed by atoms with E-state index in [2.05, 4.69) is 10.6 Å². The number of halogens is 4. The van der Waals surface area contributed by atoms with Gasteiger partial charge in [0.15, 0.2) is 0 Å². The van der Waals surface area contributed by atoms with E-state index in [1.54, 1.807) is 6.92 Å². The molecule has 0 aliphatic heterocycles. The van der Waals surface area contributed by atoms with E-state index in [4.69, 9.17) is 0 Å². The Balaban J connectivity index is 1.94. The van der Waals surface area contributed by atoms with Crippen molar-refractivity contribution in [1.29, 1.82) is 0 Å². The van der Waals surface area contributed by atoms with Gasteiger partial charge in [-0.25, -0.2) is 4.39 Å².